The number of aromatic nitrogens is 4. The number of fused-ring (bicyclic) bond motifs is 1. The third-order valence-electron chi connectivity index (χ3n) is 4.99. The van der Waals surface area contributed by atoms with Crippen LogP contribution in [0.2, 0.25) is 0 Å². The Hall–Kier alpha value is -2.60. The van der Waals surface area contributed by atoms with Crippen molar-refractivity contribution in [2.24, 2.45) is 13.0 Å². The topological polar surface area (TPSA) is 63.9 Å². The number of pyridine rings is 1. The lowest BCUT2D eigenvalue weighted by molar-refractivity contribution is -0.121. The Kier molecular flexibility index (Phi) is 4.05. The van der Waals surface area contributed by atoms with Gasteiger partial charge in [0, 0.05) is 48.8 Å². The van der Waals surface area contributed by atoms with Crippen molar-refractivity contribution in [3.05, 3.63) is 42.4 Å². The van der Waals surface area contributed by atoms with E-state index in [-0.39, 0.29) is 5.92 Å². The molecule has 4 rings (SSSR count). The number of carbonyl (C=O) groups excluding carboxylic acids is 1. The molecule has 3 aromatic rings. The average molecular weight is 335 g/mol. The molecule has 1 aliphatic heterocycles. The molecule has 1 atom stereocenters. The average Bonchev–Trinajstić information content (AvgIpc) is 3.22. The molecular weight excluding hydrogens is 314 g/mol. The second-order valence-electron chi connectivity index (χ2n) is 6.87. The molecule has 1 fully saturated rings. The highest BCUT2D eigenvalue weighted by Crippen LogP contribution is 2.24. The molecule has 6 heteroatoms. The second-order valence-corrected chi connectivity index (χ2v) is 6.87. The zero-order valence-electron chi connectivity index (χ0n) is 14.5. The van der Waals surface area contributed by atoms with Crippen molar-refractivity contribution >= 4 is 16.6 Å². The molecule has 6 nitrogen and oxygen atoms in total. The van der Waals surface area contributed by atoms with E-state index in [4.69, 9.17) is 0 Å². The third-order valence-corrected chi connectivity index (χ3v) is 4.99. The van der Waals surface area contributed by atoms with Gasteiger partial charge in [-0.25, -0.2) is 4.68 Å². The van der Waals surface area contributed by atoms with E-state index in [9.17, 15) is 4.79 Å². The number of benzene rings is 1. The summed E-state index contributed by atoms with van der Waals surface area (Å²) >= 11 is 0. The Labute approximate surface area is 146 Å². The molecule has 0 amide bonds. The molecule has 0 saturated carbocycles. The Morgan fingerprint density at radius 2 is 2.08 bits per heavy atom. The highest BCUT2D eigenvalue weighted by molar-refractivity contribution is 5.88. The fraction of sp³-hybridized carbons (Fsp3) is 0.368. The summed E-state index contributed by atoms with van der Waals surface area (Å²) < 4.78 is 1.75. The minimum Gasteiger partial charge on any atom is -0.306 e. The first-order valence-electron chi connectivity index (χ1n) is 8.55. The maximum absolute atomic E-state index is 12.5. The molecule has 1 unspecified atom stereocenters. The first-order valence-corrected chi connectivity index (χ1v) is 8.55. The van der Waals surface area contributed by atoms with Crippen LogP contribution in [0.15, 0.2) is 36.7 Å². The lowest BCUT2D eigenvalue weighted by Gasteiger charge is -2.10. The van der Waals surface area contributed by atoms with E-state index in [1.54, 1.807) is 10.9 Å². The highest BCUT2D eigenvalue weighted by Gasteiger charge is 2.26. The fourth-order valence-corrected chi connectivity index (χ4v) is 3.51. The van der Waals surface area contributed by atoms with Crippen molar-refractivity contribution in [1.29, 1.82) is 0 Å². The van der Waals surface area contributed by atoms with Gasteiger partial charge in [0.1, 0.15) is 5.78 Å². The molecule has 128 valence electrons. The predicted molar refractivity (Wildman–Crippen MR) is 96.1 cm³/mol. The quantitative estimate of drug-likeness (QED) is 0.730. The van der Waals surface area contributed by atoms with Crippen LogP contribution in [0.4, 0.5) is 0 Å². The van der Waals surface area contributed by atoms with E-state index >= 15 is 0 Å². The molecule has 0 aliphatic carbocycles. The summed E-state index contributed by atoms with van der Waals surface area (Å²) in [6, 6.07) is 8.22. The first-order chi connectivity index (χ1) is 12.1. The number of ketones is 1. The third kappa shape index (κ3) is 3.17. The number of hydrogen-bond acceptors (Lipinski definition) is 5. The molecule has 1 saturated heterocycles. The summed E-state index contributed by atoms with van der Waals surface area (Å²) in [6.45, 7) is 1.87. The van der Waals surface area contributed by atoms with E-state index in [0.29, 0.717) is 12.2 Å². The number of rotatable bonds is 4. The van der Waals surface area contributed by atoms with Crippen molar-refractivity contribution in [2.75, 3.05) is 20.1 Å². The first kappa shape index (κ1) is 15.9. The van der Waals surface area contributed by atoms with Crippen molar-refractivity contribution in [3.63, 3.8) is 0 Å². The van der Waals surface area contributed by atoms with Gasteiger partial charge in [-0.15, -0.1) is 5.10 Å². The van der Waals surface area contributed by atoms with Crippen LogP contribution < -0.4 is 0 Å². The lowest BCUT2D eigenvalue weighted by atomic mass is 9.98. The minimum absolute atomic E-state index is 0.148. The normalized spacial score (nSPS) is 18.1. The van der Waals surface area contributed by atoms with Crippen molar-refractivity contribution in [2.45, 2.75) is 12.8 Å². The summed E-state index contributed by atoms with van der Waals surface area (Å²) in [5.41, 5.74) is 2.86. The lowest BCUT2D eigenvalue weighted by Crippen LogP contribution is -2.21. The summed E-state index contributed by atoms with van der Waals surface area (Å²) in [5.74, 6) is 0.442. The van der Waals surface area contributed by atoms with Gasteiger partial charge in [0.05, 0.1) is 11.9 Å². The van der Waals surface area contributed by atoms with Gasteiger partial charge in [-0.05, 0) is 37.5 Å². The van der Waals surface area contributed by atoms with Gasteiger partial charge in [-0.2, -0.15) is 0 Å². The second kappa shape index (κ2) is 6.37. The van der Waals surface area contributed by atoms with Crippen LogP contribution in [0.3, 0.4) is 0 Å². The molecule has 0 spiro atoms. The molecule has 1 aromatic carbocycles. The number of aryl methyl sites for hydroxylation is 1. The maximum atomic E-state index is 12.5. The molecule has 2 aromatic heterocycles. The number of hydrogen-bond donors (Lipinski definition) is 0. The standard InChI is InChI=1S/C19H21N5O/c1-23-6-5-15(12-23)19(25)9-17-8-16-7-13(3-4-14(16)10-20-17)18-11-21-22-24(18)2/h3-4,7-8,10-11,15H,5-6,9,12H2,1-2H3. The fourth-order valence-electron chi connectivity index (χ4n) is 3.51. The van der Waals surface area contributed by atoms with Crippen LogP contribution in [0.5, 0.6) is 0 Å². The van der Waals surface area contributed by atoms with Crippen LogP contribution in [-0.4, -0.2) is 50.8 Å². The van der Waals surface area contributed by atoms with Crippen molar-refractivity contribution in [1.82, 2.24) is 24.9 Å². The zero-order chi connectivity index (χ0) is 17.4. The maximum Gasteiger partial charge on any atom is 0.143 e. The van der Waals surface area contributed by atoms with Gasteiger partial charge in [0.25, 0.3) is 0 Å². The van der Waals surface area contributed by atoms with Crippen LogP contribution in [0.25, 0.3) is 22.0 Å². The zero-order valence-corrected chi connectivity index (χ0v) is 14.5. The Morgan fingerprint density at radius 1 is 1.20 bits per heavy atom. The molecule has 0 bridgehead atoms. The minimum atomic E-state index is 0.148. The Balaban J connectivity index is 1.60. The van der Waals surface area contributed by atoms with Gasteiger partial charge in [0.2, 0.25) is 0 Å². The number of Topliss-reactive ketones (excluding diaryl/α,β-unsaturated/α-hetero) is 1. The van der Waals surface area contributed by atoms with Gasteiger partial charge in [-0.3, -0.25) is 9.78 Å². The predicted octanol–water partition coefficient (Wildman–Crippen LogP) is 2.09. The van der Waals surface area contributed by atoms with E-state index in [1.165, 1.54) is 0 Å². The molecule has 1 aliphatic rings. The molecular formula is C19H21N5O. The van der Waals surface area contributed by atoms with Gasteiger partial charge >= 0.3 is 0 Å². The molecule has 25 heavy (non-hydrogen) atoms. The van der Waals surface area contributed by atoms with Crippen LogP contribution in [-0.2, 0) is 18.3 Å². The number of nitrogens with zero attached hydrogens (tertiary/aromatic N) is 5. The van der Waals surface area contributed by atoms with Gasteiger partial charge < -0.3 is 4.90 Å². The molecule has 3 heterocycles. The highest BCUT2D eigenvalue weighted by atomic mass is 16.1. The largest absolute Gasteiger partial charge is 0.306 e. The molecule has 0 N–H and O–H groups in total. The van der Waals surface area contributed by atoms with Crippen LogP contribution >= 0.6 is 0 Å². The van der Waals surface area contributed by atoms with Crippen LogP contribution in [0, 0.1) is 5.92 Å². The Bertz CT molecular complexity index is 932. The monoisotopic (exact) mass is 335 g/mol. The van der Waals surface area contributed by atoms with Gasteiger partial charge in [-0.1, -0.05) is 17.3 Å². The number of carbonyl (C=O) groups is 1. The van der Waals surface area contributed by atoms with Crippen molar-refractivity contribution in [3.8, 4) is 11.3 Å². The Morgan fingerprint density at radius 3 is 2.80 bits per heavy atom. The smallest absolute Gasteiger partial charge is 0.143 e. The van der Waals surface area contributed by atoms with E-state index in [2.05, 4.69) is 33.3 Å². The summed E-state index contributed by atoms with van der Waals surface area (Å²) in [7, 11) is 3.94. The summed E-state index contributed by atoms with van der Waals surface area (Å²) in [4.78, 5) is 19.2. The summed E-state index contributed by atoms with van der Waals surface area (Å²) in [5, 5.41) is 10.1. The van der Waals surface area contributed by atoms with E-state index in [0.717, 1.165) is 47.2 Å². The van der Waals surface area contributed by atoms with Crippen LogP contribution in [0.1, 0.15) is 12.1 Å². The number of likely N-dealkylation sites (tertiary alicyclic amines) is 1. The summed E-state index contributed by atoms with van der Waals surface area (Å²) in [6.07, 6.45) is 4.97. The SMILES string of the molecule is CN1CCC(C(=O)Cc2cc3cc(-c4cnnn4C)ccc3cn2)C1. The van der Waals surface area contributed by atoms with Crippen molar-refractivity contribution < 1.29 is 4.79 Å². The van der Waals surface area contributed by atoms with E-state index in [1.807, 2.05) is 31.4 Å². The van der Waals surface area contributed by atoms with Gasteiger partial charge in [0.15, 0.2) is 0 Å². The molecule has 0 radical (unpaired) electrons. The van der Waals surface area contributed by atoms with E-state index < -0.39 is 0 Å².